The Bertz CT molecular complexity index is 1340. The number of aromatic nitrogens is 4. The number of aromatic amines is 1. The summed E-state index contributed by atoms with van der Waals surface area (Å²) in [5, 5.41) is 4.76. The molecule has 0 radical (unpaired) electrons. The Hall–Kier alpha value is -3.94. The van der Waals surface area contributed by atoms with Gasteiger partial charge in [0.15, 0.2) is 5.82 Å². The lowest BCUT2D eigenvalue weighted by Gasteiger charge is -2.31. The molecule has 0 aliphatic carbocycles. The standard InChI is InChI=1S/C27H30N6O2/c1-27(2,3)35-26(34)33-14-11-23-21(17-33)25(32-24(31-23)19-7-6-12-28-15-19)29-13-10-18-16-30-22-9-5-4-8-20(18)22/h4-9,12,15-16,30H,10-11,13-14,17H2,1-3H3,(H,29,31,32). The van der Waals surface area contributed by atoms with Crippen molar-refractivity contribution >= 4 is 22.8 Å². The van der Waals surface area contributed by atoms with Gasteiger partial charge in [0.25, 0.3) is 0 Å². The smallest absolute Gasteiger partial charge is 0.410 e. The Balaban J connectivity index is 1.41. The number of H-pyrrole nitrogens is 1. The zero-order valence-electron chi connectivity index (χ0n) is 20.3. The molecule has 0 bridgehead atoms. The molecule has 1 aliphatic heterocycles. The molecule has 8 nitrogen and oxygen atoms in total. The van der Waals surface area contributed by atoms with Crippen LogP contribution in [0.5, 0.6) is 0 Å². The number of hydrogen-bond donors (Lipinski definition) is 2. The van der Waals surface area contributed by atoms with Gasteiger partial charge in [-0.3, -0.25) is 4.98 Å². The van der Waals surface area contributed by atoms with Gasteiger partial charge in [-0.1, -0.05) is 18.2 Å². The summed E-state index contributed by atoms with van der Waals surface area (Å²) in [6.07, 6.45) is 6.73. The molecule has 0 fully saturated rings. The lowest BCUT2D eigenvalue weighted by atomic mass is 10.1. The molecule has 0 saturated heterocycles. The second-order valence-electron chi connectivity index (χ2n) is 9.75. The van der Waals surface area contributed by atoms with Gasteiger partial charge in [-0.05, 0) is 51.0 Å². The number of para-hydroxylation sites is 1. The summed E-state index contributed by atoms with van der Waals surface area (Å²) < 4.78 is 5.61. The molecule has 0 atom stereocenters. The number of anilines is 1. The average Bonchev–Trinajstić information content (AvgIpc) is 3.26. The zero-order chi connectivity index (χ0) is 24.4. The second kappa shape index (κ2) is 9.37. The Morgan fingerprint density at radius 3 is 2.83 bits per heavy atom. The summed E-state index contributed by atoms with van der Waals surface area (Å²) in [7, 11) is 0. The Morgan fingerprint density at radius 1 is 1.17 bits per heavy atom. The highest BCUT2D eigenvalue weighted by Crippen LogP contribution is 2.28. The summed E-state index contributed by atoms with van der Waals surface area (Å²) in [6.45, 7) is 7.30. The fourth-order valence-electron chi connectivity index (χ4n) is 4.32. The van der Waals surface area contributed by atoms with Gasteiger partial charge >= 0.3 is 6.09 Å². The third-order valence-electron chi connectivity index (χ3n) is 5.99. The highest BCUT2D eigenvalue weighted by Gasteiger charge is 2.29. The van der Waals surface area contributed by atoms with E-state index in [-0.39, 0.29) is 6.09 Å². The van der Waals surface area contributed by atoms with Crippen LogP contribution in [0.25, 0.3) is 22.3 Å². The number of pyridine rings is 1. The van der Waals surface area contributed by atoms with Gasteiger partial charge < -0.3 is 19.9 Å². The van der Waals surface area contributed by atoms with Crippen molar-refractivity contribution in [2.75, 3.05) is 18.4 Å². The van der Waals surface area contributed by atoms with Crippen LogP contribution in [0.3, 0.4) is 0 Å². The largest absolute Gasteiger partial charge is 0.444 e. The zero-order valence-corrected chi connectivity index (χ0v) is 20.3. The van der Waals surface area contributed by atoms with Crippen molar-refractivity contribution in [3.05, 3.63) is 71.8 Å². The van der Waals surface area contributed by atoms with Crippen LogP contribution in [-0.4, -0.2) is 49.6 Å². The van der Waals surface area contributed by atoms with Gasteiger partial charge in [0, 0.05) is 60.1 Å². The normalized spacial score (nSPS) is 13.5. The maximum Gasteiger partial charge on any atom is 0.410 e. The minimum atomic E-state index is -0.543. The van der Waals surface area contributed by atoms with E-state index in [1.54, 1.807) is 17.3 Å². The average molecular weight is 471 g/mol. The molecular weight excluding hydrogens is 440 g/mol. The van der Waals surface area contributed by atoms with Crippen molar-refractivity contribution in [3.8, 4) is 11.4 Å². The number of nitrogens with zero attached hydrogens (tertiary/aromatic N) is 4. The number of carbonyl (C=O) groups excluding carboxylic acids is 1. The monoisotopic (exact) mass is 470 g/mol. The van der Waals surface area contributed by atoms with Gasteiger partial charge in [0.2, 0.25) is 0 Å². The van der Waals surface area contributed by atoms with Crippen LogP contribution in [0.2, 0.25) is 0 Å². The van der Waals surface area contributed by atoms with Gasteiger partial charge in [-0.25, -0.2) is 14.8 Å². The molecule has 0 unspecified atom stereocenters. The number of rotatable bonds is 5. The number of carbonyl (C=O) groups is 1. The molecule has 1 amide bonds. The minimum absolute atomic E-state index is 0.316. The summed E-state index contributed by atoms with van der Waals surface area (Å²) in [5.74, 6) is 1.39. The van der Waals surface area contributed by atoms with Gasteiger partial charge in [0.05, 0.1) is 12.2 Å². The minimum Gasteiger partial charge on any atom is -0.444 e. The molecular formula is C27H30N6O2. The first kappa shape index (κ1) is 22.8. The summed E-state index contributed by atoms with van der Waals surface area (Å²) in [6, 6.07) is 12.1. The number of hydrogen-bond acceptors (Lipinski definition) is 6. The molecule has 8 heteroatoms. The van der Waals surface area contributed by atoms with E-state index >= 15 is 0 Å². The maximum absolute atomic E-state index is 12.7. The molecule has 0 saturated carbocycles. The quantitative estimate of drug-likeness (QED) is 0.428. The predicted octanol–water partition coefficient (Wildman–Crippen LogP) is 4.97. The number of benzene rings is 1. The SMILES string of the molecule is CC(C)(C)OC(=O)N1CCc2nc(-c3cccnc3)nc(NCCc3c[nH]c4ccccc34)c2C1. The molecule has 35 heavy (non-hydrogen) atoms. The molecule has 1 aromatic carbocycles. The van der Waals surface area contributed by atoms with Crippen molar-refractivity contribution in [2.24, 2.45) is 0 Å². The number of nitrogens with one attached hydrogen (secondary N) is 2. The predicted molar refractivity (Wildman–Crippen MR) is 136 cm³/mol. The maximum atomic E-state index is 12.7. The Kier molecular flexibility index (Phi) is 6.11. The summed E-state index contributed by atoms with van der Waals surface area (Å²) in [4.78, 5) is 31.7. The van der Waals surface area contributed by atoms with Crippen LogP contribution in [0.1, 0.15) is 37.6 Å². The Morgan fingerprint density at radius 2 is 2.03 bits per heavy atom. The number of ether oxygens (including phenoxy) is 1. The van der Waals surface area contributed by atoms with Crippen LogP contribution < -0.4 is 5.32 Å². The van der Waals surface area contributed by atoms with Crippen molar-refractivity contribution < 1.29 is 9.53 Å². The molecule has 4 aromatic rings. The van der Waals surface area contributed by atoms with E-state index in [1.165, 1.54) is 10.9 Å². The van der Waals surface area contributed by atoms with E-state index in [0.717, 1.165) is 34.6 Å². The fraction of sp³-hybridized carbons (Fsp3) is 0.333. The Labute approximate surface area is 204 Å². The third kappa shape index (κ3) is 5.11. The van der Waals surface area contributed by atoms with Crippen LogP contribution >= 0.6 is 0 Å². The molecule has 2 N–H and O–H groups in total. The molecule has 3 aromatic heterocycles. The number of amides is 1. The van der Waals surface area contributed by atoms with Crippen molar-refractivity contribution in [3.63, 3.8) is 0 Å². The first-order chi connectivity index (χ1) is 16.9. The lowest BCUT2D eigenvalue weighted by Crippen LogP contribution is -2.40. The van der Waals surface area contributed by atoms with Gasteiger partial charge in [0.1, 0.15) is 11.4 Å². The first-order valence-electron chi connectivity index (χ1n) is 11.9. The molecule has 180 valence electrons. The topological polar surface area (TPSA) is 96.0 Å². The van der Waals surface area contributed by atoms with Gasteiger partial charge in [-0.2, -0.15) is 0 Å². The third-order valence-corrected chi connectivity index (χ3v) is 5.99. The van der Waals surface area contributed by atoms with Crippen LogP contribution in [0, 0.1) is 0 Å². The van der Waals surface area contributed by atoms with Gasteiger partial charge in [-0.15, -0.1) is 0 Å². The fourth-order valence-corrected chi connectivity index (χ4v) is 4.32. The highest BCUT2D eigenvalue weighted by atomic mass is 16.6. The second-order valence-corrected chi connectivity index (χ2v) is 9.75. The van der Waals surface area contributed by atoms with Crippen LogP contribution in [0.15, 0.2) is 55.0 Å². The van der Waals surface area contributed by atoms with Crippen molar-refractivity contribution in [1.29, 1.82) is 0 Å². The van der Waals surface area contributed by atoms with E-state index in [1.807, 2.05) is 39.0 Å². The van der Waals surface area contributed by atoms with E-state index in [4.69, 9.17) is 14.7 Å². The van der Waals surface area contributed by atoms with Crippen LogP contribution in [-0.2, 0) is 24.1 Å². The lowest BCUT2D eigenvalue weighted by molar-refractivity contribution is 0.0223. The number of fused-ring (bicyclic) bond motifs is 2. The molecule has 0 spiro atoms. The van der Waals surface area contributed by atoms with E-state index in [2.05, 4.69) is 39.7 Å². The summed E-state index contributed by atoms with van der Waals surface area (Å²) in [5.41, 5.74) is 4.59. The van der Waals surface area contributed by atoms with Crippen molar-refractivity contribution in [1.82, 2.24) is 24.8 Å². The highest BCUT2D eigenvalue weighted by molar-refractivity contribution is 5.83. The molecule has 1 aliphatic rings. The molecule has 5 rings (SSSR count). The van der Waals surface area contributed by atoms with E-state index in [0.29, 0.717) is 31.9 Å². The van der Waals surface area contributed by atoms with E-state index < -0.39 is 5.60 Å². The first-order valence-corrected chi connectivity index (χ1v) is 11.9. The van der Waals surface area contributed by atoms with Crippen LogP contribution in [0.4, 0.5) is 10.6 Å². The van der Waals surface area contributed by atoms with Crippen molar-refractivity contribution in [2.45, 2.75) is 45.8 Å². The summed E-state index contributed by atoms with van der Waals surface area (Å²) >= 11 is 0. The van der Waals surface area contributed by atoms with E-state index in [9.17, 15) is 4.79 Å². The molecule has 4 heterocycles.